The Hall–Kier alpha value is -4.11. The summed E-state index contributed by atoms with van der Waals surface area (Å²) >= 11 is 0. The minimum Gasteiger partial charge on any atom is -0.462 e. The van der Waals surface area contributed by atoms with Crippen molar-refractivity contribution in [2.24, 2.45) is 0 Å². The molecule has 0 aliphatic carbocycles. The first-order valence-corrected chi connectivity index (χ1v) is 10.9. The number of rotatable bonds is 3. The van der Waals surface area contributed by atoms with E-state index in [1.54, 1.807) is 0 Å². The van der Waals surface area contributed by atoms with E-state index in [0.29, 0.717) is 12.2 Å². The van der Waals surface area contributed by atoms with Crippen molar-refractivity contribution in [1.82, 2.24) is 4.40 Å². The van der Waals surface area contributed by atoms with E-state index in [1.807, 2.05) is 37.3 Å². The number of aromatic nitrogens is 1. The van der Waals surface area contributed by atoms with Gasteiger partial charge in [-0.05, 0) is 41.5 Å². The number of benzene rings is 4. The van der Waals surface area contributed by atoms with Crippen LogP contribution in [-0.4, -0.2) is 17.0 Å². The predicted molar refractivity (Wildman–Crippen MR) is 131 cm³/mol. The Morgan fingerprint density at radius 1 is 0.812 bits per heavy atom. The molecule has 0 fully saturated rings. The van der Waals surface area contributed by atoms with Crippen LogP contribution < -0.4 is 5.35 Å². The molecule has 0 saturated heterocycles. The van der Waals surface area contributed by atoms with Crippen LogP contribution in [0.2, 0.25) is 0 Å². The number of fused-ring (bicyclic) bond motifs is 6. The largest absolute Gasteiger partial charge is 0.462 e. The molecule has 0 unspecified atom stereocenters. The zero-order valence-corrected chi connectivity index (χ0v) is 17.7. The summed E-state index contributed by atoms with van der Waals surface area (Å²) in [6, 6.07) is 31.2. The van der Waals surface area contributed by atoms with Gasteiger partial charge in [-0.3, -0.25) is 0 Å². The van der Waals surface area contributed by atoms with Crippen LogP contribution in [0.15, 0.2) is 91.0 Å². The first-order valence-electron chi connectivity index (χ1n) is 10.9. The van der Waals surface area contributed by atoms with Gasteiger partial charge in [-0.1, -0.05) is 78.9 Å². The Labute approximate surface area is 185 Å². The zero-order chi connectivity index (χ0) is 21.7. The molecule has 0 amide bonds. The van der Waals surface area contributed by atoms with Crippen LogP contribution in [0.25, 0.3) is 44.0 Å². The number of hydrogen-bond acceptors (Lipinski definition) is 2. The van der Waals surface area contributed by atoms with Gasteiger partial charge < -0.3 is 9.14 Å². The smallest absolute Gasteiger partial charge is 0.340 e. The second-order valence-electron chi connectivity index (χ2n) is 7.98. The van der Waals surface area contributed by atoms with Gasteiger partial charge in [-0.2, -0.15) is 0 Å². The quantitative estimate of drug-likeness (QED) is 0.326. The summed E-state index contributed by atoms with van der Waals surface area (Å²) in [6.07, 6.45) is 2.21. The highest BCUT2D eigenvalue weighted by Gasteiger charge is 2.23. The normalized spacial score (nSPS) is 12.3. The van der Waals surface area contributed by atoms with Crippen LogP contribution >= 0.6 is 0 Å². The molecule has 0 atom stereocenters. The van der Waals surface area contributed by atoms with Gasteiger partial charge in [0, 0.05) is 16.2 Å². The molecule has 2 aromatic heterocycles. The van der Waals surface area contributed by atoms with Gasteiger partial charge in [0.05, 0.1) is 28.6 Å². The number of carbonyl (C=O) groups is 1. The second-order valence-corrected chi connectivity index (χ2v) is 7.98. The van der Waals surface area contributed by atoms with Crippen molar-refractivity contribution in [1.29, 1.82) is 0 Å². The number of para-hydroxylation sites is 1. The summed E-state index contributed by atoms with van der Waals surface area (Å²) in [7, 11) is 0. The Kier molecular flexibility index (Phi) is 4.22. The third-order valence-corrected chi connectivity index (χ3v) is 6.13. The lowest BCUT2D eigenvalue weighted by Crippen LogP contribution is -2.08. The van der Waals surface area contributed by atoms with Crippen molar-refractivity contribution < 1.29 is 9.53 Å². The van der Waals surface area contributed by atoms with Gasteiger partial charge >= 0.3 is 5.97 Å². The molecule has 32 heavy (non-hydrogen) atoms. The van der Waals surface area contributed by atoms with Gasteiger partial charge in [0.25, 0.3) is 0 Å². The van der Waals surface area contributed by atoms with Gasteiger partial charge in [-0.15, -0.1) is 0 Å². The minimum absolute atomic E-state index is 0.279. The summed E-state index contributed by atoms with van der Waals surface area (Å²) in [5.41, 5.74) is 3.68. The molecule has 0 bridgehead atoms. The average Bonchev–Trinajstić information content (AvgIpc) is 3.33. The van der Waals surface area contributed by atoms with E-state index in [4.69, 9.17) is 4.74 Å². The monoisotopic (exact) mass is 415 g/mol. The van der Waals surface area contributed by atoms with E-state index in [1.165, 1.54) is 10.8 Å². The Balaban J connectivity index is 1.77. The van der Waals surface area contributed by atoms with Crippen LogP contribution in [0.4, 0.5) is 0 Å². The van der Waals surface area contributed by atoms with Crippen molar-refractivity contribution >= 4 is 50.0 Å². The SMILES string of the molecule is CCOC(=O)c1c2ccccc2n2/c(=C\c3ccc4ccccc4c3)c3ccccc3c12. The maximum atomic E-state index is 13.0. The van der Waals surface area contributed by atoms with E-state index in [-0.39, 0.29) is 5.97 Å². The van der Waals surface area contributed by atoms with E-state index in [0.717, 1.165) is 38.1 Å². The van der Waals surface area contributed by atoms with Gasteiger partial charge in [0.1, 0.15) is 0 Å². The summed E-state index contributed by atoms with van der Waals surface area (Å²) in [5.74, 6) is -0.279. The number of nitrogens with zero attached hydrogens (tertiary/aromatic N) is 1. The zero-order valence-electron chi connectivity index (χ0n) is 17.7. The standard InChI is InChI=1S/C29H21NO2/c1-2-32-29(31)27-24-13-7-8-14-25(24)30-26(22-11-5-6-12-23(22)28(27)30)18-19-15-16-20-9-3-4-10-21(20)17-19/h3-18H,2H2,1H3/b26-18-. The molecule has 0 radical (unpaired) electrons. The van der Waals surface area contributed by atoms with E-state index in [9.17, 15) is 4.79 Å². The van der Waals surface area contributed by atoms with E-state index >= 15 is 0 Å². The molecular weight excluding hydrogens is 394 g/mol. The van der Waals surface area contributed by atoms with Crippen molar-refractivity contribution in [2.75, 3.05) is 6.61 Å². The van der Waals surface area contributed by atoms with Crippen molar-refractivity contribution in [3.8, 4) is 0 Å². The Morgan fingerprint density at radius 3 is 2.31 bits per heavy atom. The van der Waals surface area contributed by atoms with Crippen LogP contribution in [0.1, 0.15) is 22.8 Å². The number of hydrogen-bond donors (Lipinski definition) is 0. The molecule has 6 rings (SSSR count). The molecule has 2 heterocycles. The average molecular weight is 415 g/mol. The second kappa shape index (κ2) is 7.24. The predicted octanol–water partition coefficient (Wildman–Crippen LogP) is 6.12. The summed E-state index contributed by atoms with van der Waals surface area (Å²) in [4.78, 5) is 13.0. The first-order chi connectivity index (χ1) is 15.8. The number of esters is 1. The Morgan fingerprint density at radius 2 is 1.50 bits per heavy atom. The maximum Gasteiger partial charge on any atom is 0.340 e. The van der Waals surface area contributed by atoms with E-state index in [2.05, 4.69) is 71.1 Å². The fourth-order valence-electron chi connectivity index (χ4n) is 4.79. The highest BCUT2D eigenvalue weighted by molar-refractivity contribution is 6.19. The van der Waals surface area contributed by atoms with Crippen LogP contribution in [0.5, 0.6) is 0 Å². The highest BCUT2D eigenvalue weighted by Crippen LogP contribution is 2.32. The van der Waals surface area contributed by atoms with Crippen molar-refractivity contribution in [2.45, 2.75) is 6.92 Å². The molecule has 0 N–H and O–H groups in total. The third kappa shape index (κ3) is 2.71. The van der Waals surface area contributed by atoms with Crippen LogP contribution in [0.3, 0.4) is 0 Å². The summed E-state index contributed by atoms with van der Waals surface area (Å²) in [5, 5.41) is 6.58. The van der Waals surface area contributed by atoms with E-state index < -0.39 is 0 Å². The van der Waals surface area contributed by atoms with Crippen molar-refractivity contribution in [3.05, 3.63) is 107 Å². The lowest BCUT2D eigenvalue weighted by Gasteiger charge is -2.01. The number of carbonyl (C=O) groups excluding carboxylic acids is 1. The molecule has 154 valence electrons. The molecule has 3 heteroatoms. The minimum atomic E-state index is -0.279. The molecule has 6 aromatic rings. The highest BCUT2D eigenvalue weighted by atomic mass is 16.5. The van der Waals surface area contributed by atoms with Gasteiger partial charge in [0.15, 0.2) is 0 Å². The lowest BCUT2D eigenvalue weighted by atomic mass is 10.1. The molecule has 0 spiro atoms. The maximum absolute atomic E-state index is 13.0. The molecule has 4 aromatic carbocycles. The van der Waals surface area contributed by atoms with Crippen LogP contribution in [-0.2, 0) is 4.74 Å². The molecule has 0 aliphatic heterocycles. The molecule has 3 nitrogen and oxygen atoms in total. The first kappa shape index (κ1) is 18.6. The fourth-order valence-corrected chi connectivity index (χ4v) is 4.79. The Bertz CT molecular complexity index is 1700. The lowest BCUT2D eigenvalue weighted by molar-refractivity contribution is 0.0531. The molecule has 0 saturated carbocycles. The van der Waals surface area contributed by atoms with Gasteiger partial charge in [0.2, 0.25) is 0 Å². The molecular formula is C29H21NO2. The topological polar surface area (TPSA) is 30.7 Å². The van der Waals surface area contributed by atoms with Crippen molar-refractivity contribution in [3.63, 3.8) is 0 Å². The third-order valence-electron chi connectivity index (χ3n) is 6.13. The van der Waals surface area contributed by atoms with Gasteiger partial charge in [-0.25, -0.2) is 4.79 Å². The summed E-state index contributed by atoms with van der Waals surface area (Å²) < 4.78 is 7.67. The van der Waals surface area contributed by atoms with Crippen LogP contribution in [0, 0.1) is 0 Å². The fraction of sp³-hybridized carbons (Fsp3) is 0.0690. The summed E-state index contributed by atoms with van der Waals surface area (Å²) in [6.45, 7) is 2.19. The molecule has 0 aliphatic rings. The number of ether oxygens (including phenoxy) is 1.